The molecule has 0 aromatic carbocycles. The predicted molar refractivity (Wildman–Crippen MR) is 68.1 cm³/mol. The molecule has 90 valence electrons. The lowest BCUT2D eigenvalue weighted by Crippen LogP contribution is -2.36. The fourth-order valence-corrected chi connectivity index (χ4v) is 3.35. The zero-order valence-corrected chi connectivity index (χ0v) is 10.8. The van der Waals surface area contributed by atoms with Crippen LogP contribution in [0, 0.1) is 17.3 Å². The minimum Gasteiger partial charge on any atom is -0.389 e. The van der Waals surface area contributed by atoms with Crippen molar-refractivity contribution in [3.8, 4) is 0 Å². The largest absolute Gasteiger partial charge is 0.389 e. The first-order valence-electron chi connectivity index (χ1n) is 6.51. The van der Waals surface area contributed by atoms with E-state index in [1.807, 2.05) is 0 Å². The van der Waals surface area contributed by atoms with Gasteiger partial charge in [0.1, 0.15) is 0 Å². The Balaban J connectivity index is 2.27. The Morgan fingerprint density at radius 3 is 2.81 bits per heavy atom. The average molecular weight is 220 g/mol. The molecular weight excluding hydrogens is 196 g/mol. The van der Waals surface area contributed by atoms with Crippen LogP contribution >= 0.6 is 0 Å². The van der Waals surface area contributed by atoms with Crippen molar-refractivity contribution in [1.82, 2.24) is 0 Å². The van der Waals surface area contributed by atoms with Crippen LogP contribution in [0.5, 0.6) is 0 Å². The summed E-state index contributed by atoms with van der Waals surface area (Å²) in [7, 11) is 0. The van der Waals surface area contributed by atoms with Crippen LogP contribution in [0.3, 0.4) is 0 Å². The highest BCUT2D eigenvalue weighted by atomic mass is 16.3. The van der Waals surface area contributed by atoms with Gasteiger partial charge in [-0.2, -0.15) is 0 Å². The number of rotatable bonds is 1. The molecule has 0 heterocycles. The smallest absolute Gasteiger partial charge is 0.0761 e. The fourth-order valence-electron chi connectivity index (χ4n) is 3.35. The van der Waals surface area contributed by atoms with Gasteiger partial charge in [-0.3, -0.25) is 0 Å². The quantitative estimate of drug-likeness (QED) is 0.668. The maximum Gasteiger partial charge on any atom is 0.0761 e. The fraction of sp³-hybridized carbons (Fsp3) is 0.733. The van der Waals surface area contributed by atoms with Gasteiger partial charge in [-0.25, -0.2) is 0 Å². The number of fused-ring (bicyclic) bond motifs is 1. The second kappa shape index (κ2) is 4.03. The van der Waals surface area contributed by atoms with Gasteiger partial charge >= 0.3 is 0 Å². The lowest BCUT2D eigenvalue weighted by atomic mass is 9.59. The standard InChI is InChI=1S/C15H24O/c1-10(2)12-5-6-13-8-14(16)7-11(3)15(13,4)9-12/h8,10,12,14,16H,3,5-7,9H2,1-2,4H3/t12-,14+,15+/m1/s1. The van der Waals surface area contributed by atoms with E-state index in [2.05, 4.69) is 33.4 Å². The number of aliphatic hydroxyl groups excluding tert-OH is 1. The number of hydrogen-bond acceptors (Lipinski definition) is 1. The number of hydrogen-bond donors (Lipinski definition) is 1. The van der Waals surface area contributed by atoms with E-state index < -0.39 is 0 Å². The van der Waals surface area contributed by atoms with E-state index in [9.17, 15) is 5.11 Å². The molecule has 1 N–H and O–H groups in total. The highest BCUT2D eigenvalue weighted by Crippen LogP contribution is 2.52. The minimum atomic E-state index is -0.286. The molecule has 0 spiro atoms. The maximum atomic E-state index is 9.77. The Labute approximate surface area is 99.3 Å². The number of aliphatic hydroxyl groups is 1. The summed E-state index contributed by atoms with van der Waals surface area (Å²) in [5.41, 5.74) is 2.85. The zero-order valence-electron chi connectivity index (χ0n) is 10.8. The maximum absolute atomic E-state index is 9.77. The molecule has 1 saturated carbocycles. The molecule has 0 amide bonds. The van der Waals surface area contributed by atoms with E-state index in [1.165, 1.54) is 24.0 Å². The highest BCUT2D eigenvalue weighted by Gasteiger charge is 2.41. The van der Waals surface area contributed by atoms with Crippen LogP contribution in [0.4, 0.5) is 0 Å². The SMILES string of the molecule is C=C1C[C@H](O)C=C2CC[C@@H](C(C)C)C[C@@]12C. The van der Waals surface area contributed by atoms with Crippen molar-refractivity contribution in [3.63, 3.8) is 0 Å². The molecule has 0 radical (unpaired) electrons. The molecule has 3 atom stereocenters. The molecule has 2 rings (SSSR count). The van der Waals surface area contributed by atoms with Crippen LogP contribution in [0.25, 0.3) is 0 Å². The molecule has 0 bridgehead atoms. The van der Waals surface area contributed by atoms with Gasteiger partial charge in [0.25, 0.3) is 0 Å². The third-order valence-electron chi connectivity index (χ3n) is 4.74. The molecule has 16 heavy (non-hydrogen) atoms. The Morgan fingerprint density at radius 2 is 2.19 bits per heavy atom. The van der Waals surface area contributed by atoms with Crippen molar-refractivity contribution in [3.05, 3.63) is 23.8 Å². The molecule has 0 unspecified atom stereocenters. The molecular formula is C15H24O. The summed E-state index contributed by atoms with van der Waals surface area (Å²) in [6, 6.07) is 0. The van der Waals surface area contributed by atoms with E-state index in [-0.39, 0.29) is 11.5 Å². The molecule has 0 aliphatic heterocycles. The van der Waals surface area contributed by atoms with Crippen molar-refractivity contribution in [2.75, 3.05) is 0 Å². The van der Waals surface area contributed by atoms with E-state index in [0.29, 0.717) is 0 Å². The molecule has 0 aromatic heterocycles. The van der Waals surface area contributed by atoms with Gasteiger partial charge < -0.3 is 5.11 Å². The van der Waals surface area contributed by atoms with Crippen LogP contribution in [-0.4, -0.2) is 11.2 Å². The third kappa shape index (κ3) is 1.86. The Hall–Kier alpha value is -0.560. The van der Waals surface area contributed by atoms with Gasteiger partial charge in [-0.1, -0.05) is 44.6 Å². The lowest BCUT2D eigenvalue weighted by molar-refractivity contribution is 0.163. The van der Waals surface area contributed by atoms with Crippen molar-refractivity contribution in [1.29, 1.82) is 0 Å². The number of allylic oxidation sites excluding steroid dienone is 1. The first-order valence-corrected chi connectivity index (χ1v) is 6.51. The van der Waals surface area contributed by atoms with Gasteiger partial charge in [0.2, 0.25) is 0 Å². The van der Waals surface area contributed by atoms with E-state index in [4.69, 9.17) is 0 Å². The summed E-state index contributed by atoms with van der Waals surface area (Å²) in [5.74, 6) is 1.58. The molecule has 1 fully saturated rings. The average Bonchev–Trinajstić information content (AvgIpc) is 2.19. The summed E-state index contributed by atoms with van der Waals surface area (Å²) >= 11 is 0. The monoisotopic (exact) mass is 220 g/mol. The minimum absolute atomic E-state index is 0.173. The topological polar surface area (TPSA) is 20.2 Å². The van der Waals surface area contributed by atoms with Gasteiger partial charge in [-0.15, -0.1) is 0 Å². The summed E-state index contributed by atoms with van der Waals surface area (Å²) < 4.78 is 0. The van der Waals surface area contributed by atoms with E-state index in [0.717, 1.165) is 24.7 Å². The summed E-state index contributed by atoms with van der Waals surface area (Å²) in [5, 5.41) is 9.77. The Kier molecular flexibility index (Phi) is 3.00. The molecule has 0 saturated heterocycles. The van der Waals surface area contributed by atoms with Crippen molar-refractivity contribution in [2.45, 2.75) is 52.6 Å². The van der Waals surface area contributed by atoms with Crippen LogP contribution in [0.15, 0.2) is 23.8 Å². The molecule has 1 heteroatoms. The highest BCUT2D eigenvalue weighted by molar-refractivity contribution is 5.34. The third-order valence-corrected chi connectivity index (χ3v) is 4.74. The summed E-state index contributed by atoms with van der Waals surface area (Å²) in [4.78, 5) is 0. The lowest BCUT2D eigenvalue weighted by Gasteiger charge is -2.46. The zero-order chi connectivity index (χ0) is 11.9. The van der Waals surface area contributed by atoms with Crippen LogP contribution < -0.4 is 0 Å². The van der Waals surface area contributed by atoms with Crippen molar-refractivity contribution < 1.29 is 5.11 Å². The second-order valence-electron chi connectivity index (χ2n) is 6.15. The Bertz CT molecular complexity index is 326. The first kappa shape index (κ1) is 11.9. The summed E-state index contributed by atoms with van der Waals surface area (Å²) in [6.45, 7) is 11.2. The first-order chi connectivity index (χ1) is 7.43. The molecule has 0 aromatic rings. The van der Waals surface area contributed by atoms with Crippen molar-refractivity contribution >= 4 is 0 Å². The second-order valence-corrected chi connectivity index (χ2v) is 6.15. The van der Waals surface area contributed by atoms with Gasteiger partial charge in [0.05, 0.1) is 6.10 Å². The van der Waals surface area contributed by atoms with E-state index >= 15 is 0 Å². The van der Waals surface area contributed by atoms with Gasteiger partial charge in [0, 0.05) is 5.41 Å². The normalized spacial score (nSPS) is 39.6. The van der Waals surface area contributed by atoms with Crippen molar-refractivity contribution in [2.24, 2.45) is 17.3 Å². The van der Waals surface area contributed by atoms with Crippen LogP contribution in [0.2, 0.25) is 0 Å². The molecule has 2 aliphatic carbocycles. The Morgan fingerprint density at radius 1 is 1.50 bits per heavy atom. The van der Waals surface area contributed by atoms with Crippen LogP contribution in [-0.2, 0) is 0 Å². The van der Waals surface area contributed by atoms with Gasteiger partial charge in [-0.05, 0) is 37.5 Å². The van der Waals surface area contributed by atoms with E-state index in [1.54, 1.807) is 0 Å². The molecule has 2 aliphatic rings. The van der Waals surface area contributed by atoms with Crippen LogP contribution in [0.1, 0.15) is 46.5 Å². The van der Waals surface area contributed by atoms with Gasteiger partial charge in [0.15, 0.2) is 0 Å². The predicted octanol–water partition coefficient (Wildman–Crippen LogP) is 3.70. The summed E-state index contributed by atoms with van der Waals surface area (Å²) in [6.07, 6.45) is 6.21. The molecule has 1 nitrogen and oxygen atoms in total.